The summed E-state index contributed by atoms with van der Waals surface area (Å²) in [6.45, 7) is 11.1. The number of carbonyl (C=O) groups is 2. The second kappa shape index (κ2) is 14.1. The smallest absolute Gasteiger partial charge is 0.344 e. The number of esters is 2. The minimum absolute atomic E-state index is 0.297. The van der Waals surface area contributed by atoms with Gasteiger partial charge in [-0.2, -0.15) is 0 Å². The van der Waals surface area contributed by atoms with E-state index in [4.69, 9.17) is 18.6 Å². The van der Waals surface area contributed by atoms with Crippen molar-refractivity contribution in [1.29, 1.82) is 0 Å². The first kappa shape index (κ1) is 29.4. The number of aryl methyl sites for hydroxylation is 2. The SMILES string of the molecule is C=C(C)C(=O)OCCCCc1ccc2cc(-c3ccc(OC)cc3)c(=O)oc2c1CCCCOC(=O)C(=C)C. The summed E-state index contributed by atoms with van der Waals surface area (Å²) in [4.78, 5) is 36.3. The summed E-state index contributed by atoms with van der Waals surface area (Å²) < 4.78 is 21.6. The van der Waals surface area contributed by atoms with Gasteiger partial charge in [0, 0.05) is 16.5 Å². The highest BCUT2D eigenvalue weighted by Gasteiger charge is 2.15. The Kier molecular flexibility index (Phi) is 10.7. The zero-order valence-electron chi connectivity index (χ0n) is 23.0. The number of methoxy groups -OCH3 is 1. The number of hydrogen-bond donors (Lipinski definition) is 0. The molecule has 0 saturated heterocycles. The monoisotopic (exact) mass is 532 g/mol. The van der Waals surface area contributed by atoms with Crippen molar-refractivity contribution in [1.82, 2.24) is 0 Å². The van der Waals surface area contributed by atoms with Gasteiger partial charge in [-0.25, -0.2) is 14.4 Å². The Morgan fingerprint density at radius 2 is 1.41 bits per heavy atom. The number of unbranched alkanes of at least 4 members (excludes halogenated alkanes) is 2. The van der Waals surface area contributed by atoms with Crippen molar-refractivity contribution in [2.75, 3.05) is 20.3 Å². The third-order valence-electron chi connectivity index (χ3n) is 6.33. The van der Waals surface area contributed by atoms with Crippen molar-refractivity contribution in [2.45, 2.75) is 52.4 Å². The highest BCUT2D eigenvalue weighted by molar-refractivity contribution is 5.87. The van der Waals surface area contributed by atoms with Gasteiger partial charge in [0.1, 0.15) is 11.3 Å². The van der Waals surface area contributed by atoms with Crippen LogP contribution in [0.4, 0.5) is 0 Å². The lowest BCUT2D eigenvalue weighted by Crippen LogP contribution is -2.08. The molecule has 2 aromatic carbocycles. The predicted octanol–water partition coefficient (Wildman–Crippen LogP) is 6.35. The predicted molar refractivity (Wildman–Crippen MR) is 152 cm³/mol. The van der Waals surface area contributed by atoms with Crippen LogP contribution in [0.2, 0.25) is 0 Å². The number of hydrogen-bond acceptors (Lipinski definition) is 7. The van der Waals surface area contributed by atoms with E-state index in [2.05, 4.69) is 19.2 Å². The summed E-state index contributed by atoms with van der Waals surface area (Å²) >= 11 is 0. The van der Waals surface area contributed by atoms with Gasteiger partial charge in [0.25, 0.3) is 0 Å². The molecule has 39 heavy (non-hydrogen) atoms. The fraction of sp³-hybridized carbons (Fsp3) is 0.344. The Balaban J connectivity index is 1.81. The van der Waals surface area contributed by atoms with E-state index in [-0.39, 0.29) is 5.97 Å². The second-order valence-corrected chi connectivity index (χ2v) is 9.54. The van der Waals surface area contributed by atoms with E-state index in [0.717, 1.165) is 41.3 Å². The highest BCUT2D eigenvalue weighted by Crippen LogP contribution is 2.29. The maximum absolute atomic E-state index is 13.1. The van der Waals surface area contributed by atoms with E-state index >= 15 is 0 Å². The van der Waals surface area contributed by atoms with Crippen LogP contribution in [0.1, 0.15) is 50.7 Å². The molecule has 0 aliphatic carbocycles. The Morgan fingerprint density at radius 3 is 1.97 bits per heavy atom. The molecule has 0 aliphatic rings. The van der Waals surface area contributed by atoms with Crippen LogP contribution in [0.5, 0.6) is 5.75 Å². The Hall–Kier alpha value is -4.13. The van der Waals surface area contributed by atoms with E-state index in [1.807, 2.05) is 36.4 Å². The molecule has 0 atom stereocenters. The minimum atomic E-state index is -0.409. The van der Waals surface area contributed by atoms with Crippen LogP contribution in [0.15, 0.2) is 76.0 Å². The van der Waals surface area contributed by atoms with Crippen molar-refractivity contribution in [3.63, 3.8) is 0 Å². The van der Waals surface area contributed by atoms with Gasteiger partial charge < -0.3 is 18.6 Å². The lowest BCUT2D eigenvalue weighted by atomic mass is 9.94. The number of carbonyl (C=O) groups excluding carboxylic acids is 2. The van der Waals surface area contributed by atoms with Crippen LogP contribution in [0.25, 0.3) is 22.1 Å². The Morgan fingerprint density at radius 1 is 0.821 bits per heavy atom. The molecule has 0 aliphatic heterocycles. The van der Waals surface area contributed by atoms with Crippen LogP contribution in [0.3, 0.4) is 0 Å². The van der Waals surface area contributed by atoms with E-state index < -0.39 is 11.6 Å². The van der Waals surface area contributed by atoms with Crippen LogP contribution in [-0.2, 0) is 31.9 Å². The maximum Gasteiger partial charge on any atom is 0.344 e. The Labute approximate surface area is 229 Å². The summed E-state index contributed by atoms with van der Waals surface area (Å²) in [6, 6.07) is 13.2. The highest BCUT2D eigenvalue weighted by atomic mass is 16.5. The Bertz CT molecular complexity index is 1400. The molecular weight excluding hydrogens is 496 g/mol. The molecular formula is C32H36O7. The van der Waals surface area contributed by atoms with Crippen molar-refractivity contribution in [3.05, 3.63) is 88.3 Å². The first-order valence-electron chi connectivity index (χ1n) is 13.1. The lowest BCUT2D eigenvalue weighted by molar-refractivity contribution is -0.139. The van der Waals surface area contributed by atoms with Gasteiger partial charge in [0.15, 0.2) is 0 Å². The number of fused-ring (bicyclic) bond motifs is 1. The second-order valence-electron chi connectivity index (χ2n) is 9.54. The molecule has 0 bridgehead atoms. The van der Waals surface area contributed by atoms with Crippen molar-refractivity contribution in [2.24, 2.45) is 0 Å². The van der Waals surface area contributed by atoms with E-state index in [1.165, 1.54) is 0 Å². The summed E-state index contributed by atoms with van der Waals surface area (Å²) in [6.07, 6.45) is 4.31. The van der Waals surface area contributed by atoms with Crippen molar-refractivity contribution >= 4 is 22.9 Å². The van der Waals surface area contributed by atoms with Gasteiger partial charge >= 0.3 is 17.6 Å². The average Bonchev–Trinajstić information content (AvgIpc) is 2.92. The molecule has 0 spiro atoms. The van der Waals surface area contributed by atoms with E-state index in [0.29, 0.717) is 60.5 Å². The minimum Gasteiger partial charge on any atom is -0.497 e. The largest absolute Gasteiger partial charge is 0.497 e. The quantitative estimate of drug-likeness (QED) is 0.103. The molecule has 1 aromatic heterocycles. The summed E-state index contributed by atoms with van der Waals surface area (Å²) in [5, 5.41) is 0.836. The average molecular weight is 533 g/mol. The topological polar surface area (TPSA) is 92.0 Å². The number of ether oxygens (including phenoxy) is 3. The van der Waals surface area contributed by atoms with Crippen LogP contribution in [-0.4, -0.2) is 32.3 Å². The lowest BCUT2D eigenvalue weighted by Gasteiger charge is -2.14. The molecule has 0 N–H and O–H groups in total. The molecule has 0 fully saturated rings. The molecule has 0 saturated carbocycles. The number of rotatable bonds is 14. The fourth-order valence-corrected chi connectivity index (χ4v) is 4.16. The number of benzene rings is 2. The van der Waals surface area contributed by atoms with Crippen LogP contribution in [0, 0.1) is 0 Å². The van der Waals surface area contributed by atoms with E-state index in [1.54, 1.807) is 21.0 Å². The molecule has 0 unspecified atom stereocenters. The molecule has 7 nitrogen and oxygen atoms in total. The van der Waals surface area contributed by atoms with Gasteiger partial charge in [-0.1, -0.05) is 37.4 Å². The van der Waals surface area contributed by atoms with Gasteiger partial charge in [0.2, 0.25) is 0 Å². The third-order valence-corrected chi connectivity index (χ3v) is 6.33. The molecule has 3 rings (SSSR count). The normalized spacial score (nSPS) is 10.7. The zero-order chi connectivity index (χ0) is 28.4. The first-order chi connectivity index (χ1) is 18.7. The van der Waals surface area contributed by atoms with Gasteiger partial charge in [-0.3, -0.25) is 0 Å². The van der Waals surface area contributed by atoms with Crippen molar-refractivity contribution < 1.29 is 28.2 Å². The molecule has 206 valence electrons. The fourth-order valence-electron chi connectivity index (χ4n) is 4.16. The van der Waals surface area contributed by atoms with Crippen molar-refractivity contribution in [3.8, 4) is 16.9 Å². The summed E-state index contributed by atoms with van der Waals surface area (Å²) in [5.74, 6) is -0.0763. The molecule has 7 heteroatoms. The molecule has 3 aromatic rings. The maximum atomic E-state index is 13.1. The van der Waals surface area contributed by atoms with Gasteiger partial charge in [-0.05, 0) is 87.3 Å². The first-order valence-corrected chi connectivity index (χ1v) is 13.1. The molecule has 0 amide bonds. The molecule has 1 heterocycles. The third kappa shape index (κ3) is 8.18. The molecule has 0 radical (unpaired) electrons. The standard InChI is InChI=1S/C32H36O7/c1-21(2)30(33)37-18-8-6-10-23-12-13-25-20-28(24-14-16-26(36-5)17-15-24)32(35)39-29(25)27(23)11-7-9-19-38-31(34)22(3)4/h12-17,20H,1,3,6-11,18-19H2,2,4-5H3. The summed E-state index contributed by atoms with van der Waals surface area (Å²) in [5.41, 5.74) is 4.19. The van der Waals surface area contributed by atoms with Gasteiger partial charge in [0.05, 0.1) is 25.9 Å². The van der Waals surface area contributed by atoms with Gasteiger partial charge in [-0.15, -0.1) is 0 Å². The zero-order valence-corrected chi connectivity index (χ0v) is 23.0. The van der Waals surface area contributed by atoms with Crippen LogP contribution >= 0.6 is 0 Å². The summed E-state index contributed by atoms with van der Waals surface area (Å²) in [7, 11) is 1.59. The van der Waals surface area contributed by atoms with Crippen LogP contribution < -0.4 is 10.4 Å². The van der Waals surface area contributed by atoms with E-state index in [9.17, 15) is 14.4 Å².